The Hall–Kier alpha value is -2.98. The number of anilines is 1. The van der Waals surface area contributed by atoms with Crippen LogP contribution in [0.1, 0.15) is 35.6 Å². The van der Waals surface area contributed by atoms with Crippen LogP contribution >= 0.6 is 0 Å². The van der Waals surface area contributed by atoms with E-state index in [9.17, 15) is 12.8 Å². The van der Waals surface area contributed by atoms with Gasteiger partial charge in [0.05, 0.1) is 23.7 Å². The summed E-state index contributed by atoms with van der Waals surface area (Å²) in [6.07, 6.45) is 7.24. The van der Waals surface area contributed by atoms with Gasteiger partial charge in [0.25, 0.3) is 0 Å². The Balaban J connectivity index is 1.55. The second kappa shape index (κ2) is 9.25. The molecule has 0 radical (unpaired) electrons. The van der Waals surface area contributed by atoms with E-state index in [2.05, 4.69) is 21.6 Å². The fourth-order valence-electron chi connectivity index (χ4n) is 3.71. The normalized spacial score (nSPS) is 15.4. The van der Waals surface area contributed by atoms with Crippen molar-refractivity contribution in [3.8, 4) is 0 Å². The summed E-state index contributed by atoms with van der Waals surface area (Å²) in [5.74, 6) is 1.27. The number of nitrogens with zero attached hydrogens (tertiary/aromatic N) is 5. The van der Waals surface area contributed by atoms with Gasteiger partial charge in [0, 0.05) is 50.6 Å². The molecular weight excluding hydrogens is 431 g/mol. The first-order valence-corrected chi connectivity index (χ1v) is 12.2. The molecule has 0 unspecified atom stereocenters. The first-order chi connectivity index (χ1) is 15.2. The molecule has 168 valence electrons. The van der Waals surface area contributed by atoms with Crippen molar-refractivity contribution in [3.05, 3.63) is 77.5 Å². The summed E-state index contributed by atoms with van der Waals surface area (Å²) in [4.78, 5) is 20.0. The number of nitrogens with one attached hydrogen (secondary N) is 1. The minimum absolute atomic E-state index is 0.103. The van der Waals surface area contributed by atoms with Gasteiger partial charge < -0.3 is 4.90 Å². The molecule has 1 aromatic carbocycles. The van der Waals surface area contributed by atoms with Crippen LogP contribution in [-0.4, -0.2) is 53.7 Å². The highest BCUT2D eigenvalue weighted by Crippen LogP contribution is 2.24. The molecule has 0 spiro atoms. The molecule has 1 N–H and O–H groups in total. The Kier molecular flexibility index (Phi) is 6.43. The van der Waals surface area contributed by atoms with Crippen molar-refractivity contribution in [2.75, 3.05) is 24.2 Å². The molecule has 1 saturated heterocycles. The monoisotopic (exact) mass is 456 g/mol. The fraction of sp³-hybridized carbons (Fsp3) is 0.364. The summed E-state index contributed by atoms with van der Waals surface area (Å²) < 4.78 is 38.8. The zero-order chi connectivity index (χ0) is 22.7. The minimum Gasteiger partial charge on any atom is -0.353 e. The van der Waals surface area contributed by atoms with Crippen LogP contribution < -0.4 is 9.62 Å². The number of sulfonamides is 1. The third-order valence-electron chi connectivity index (χ3n) is 5.30. The SMILES string of the molecule is C[C@H](Cc1nc(Cc2cnccn2)cc(N2CC(NS(C)(=O)=O)C2)n1)c1ccc(F)cc1. The highest BCUT2D eigenvalue weighted by molar-refractivity contribution is 7.88. The predicted octanol–water partition coefficient (Wildman–Crippen LogP) is 2.08. The molecule has 0 amide bonds. The van der Waals surface area contributed by atoms with Crippen LogP contribution in [-0.2, 0) is 22.9 Å². The van der Waals surface area contributed by atoms with Crippen molar-refractivity contribution in [2.45, 2.75) is 31.7 Å². The Morgan fingerprint density at radius 1 is 1.16 bits per heavy atom. The van der Waals surface area contributed by atoms with Crippen molar-refractivity contribution in [1.29, 1.82) is 0 Å². The highest BCUT2D eigenvalue weighted by Gasteiger charge is 2.30. The Morgan fingerprint density at radius 2 is 1.91 bits per heavy atom. The zero-order valence-corrected chi connectivity index (χ0v) is 18.8. The van der Waals surface area contributed by atoms with Gasteiger partial charge in [-0.3, -0.25) is 9.97 Å². The molecule has 4 rings (SSSR count). The lowest BCUT2D eigenvalue weighted by atomic mass is 9.97. The quantitative estimate of drug-likeness (QED) is 0.554. The third kappa shape index (κ3) is 5.83. The second-order valence-electron chi connectivity index (χ2n) is 8.16. The van der Waals surface area contributed by atoms with E-state index in [1.165, 1.54) is 12.1 Å². The predicted molar refractivity (Wildman–Crippen MR) is 119 cm³/mol. The van der Waals surface area contributed by atoms with Crippen molar-refractivity contribution in [2.24, 2.45) is 0 Å². The van der Waals surface area contributed by atoms with E-state index in [4.69, 9.17) is 9.97 Å². The molecule has 10 heteroatoms. The number of hydrogen-bond donors (Lipinski definition) is 1. The molecule has 1 fully saturated rings. The molecule has 0 saturated carbocycles. The number of halogens is 1. The molecular formula is C22H25FN6O2S. The topological polar surface area (TPSA) is 101 Å². The zero-order valence-electron chi connectivity index (χ0n) is 17.9. The Labute approximate surface area is 187 Å². The van der Waals surface area contributed by atoms with Gasteiger partial charge in [-0.2, -0.15) is 0 Å². The van der Waals surface area contributed by atoms with Gasteiger partial charge in [-0.25, -0.2) is 27.5 Å². The third-order valence-corrected chi connectivity index (χ3v) is 6.07. The van der Waals surface area contributed by atoms with E-state index in [-0.39, 0.29) is 17.8 Å². The van der Waals surface area contributed by atoms with Crippen LogP contribution in [0.25, 0.3) is 0 Å². The summed E-state index contributed by atoms with van der Waals surface area (Å²) >= 11 is 0. The molecule has 1 aliphatic heterocycles. The van der Waals surface area contributed by atoms with E-state index in [0.29, 0.717) is 31.8 Å². The van der Waals surface area contributed by atoms with E-state index >= 15 is 0 Å². The van der Waals surface area contributed by atoms with Crippen molar-refractivity contribution < 1.29 is 12.8 Å². The lowest BCUT2D eigenvalue weighted by molar-refractivity contribution is 0.466. The van der Waals surface area contributed by atoms with Gasteiger partial charge in [0.15, 0.2) is 0 Å². The van der Waals surface area contributed by atoms with Crippen LogP contribution in [0.3, 0.4) is 0 Å². The molecule has 0 aliphatic carbocycles. The Bertz CT molecular complexity index is 1170. The molecule has 32 heavy (non-hydrogen) atoms. The molecule has 3 aromatic rings. The van der Waals surface area contributed by atoms with Crippen LogP contribution in [0.5, 0.6) is 0 Å². The summed E-state index contributed by atoms with van der Waals surface area (Å²) in [5.41, 5.74) is 2.63. The van der Waals surface area contributed by atoms with Crippen molar-refractivity contribution >= 4 is 15.8 Å². The molecule has 3 heterocycles. The standard InChI is InChI=1S/C22H25FN6O2S/c1-15(16-3-5-17(23)6-4-16)9-21-26-18(10-19-12-24-7-8-25-19)11-22(27-21)29-13-20(14-29)28-32(2,30)31/h3-8,11-12,15,20,28H,9-10,13-14H2,1-2H3/t15-/m1/s1. The number of benzene rings is 1. The van der Waals surface area contributed by atoms with Gasteiger partial charge >= 0.3 is 0 Å². The summed E-state index contributed by atoms with van der Waals surface area (Å²) in [6.45, 7) is 3.14. The average molecular weight is 457 g/mol. The molecule has 8 nitrogen and oxygen atoms in total. The molecule has 0 bridgehead atoms. The molecule has 2 aromatic heterocycles. The van der Waals surface area contributed by atoms with Crippen molar-refractivity contribution in [1.82, 2.24) is 24.7 Å². The van der Waals surface area contributed by atoms with Crippen LogP contribution in [0.2, 0.25) is 0 Å². The van der Waals surface area contributed by atoms with Crippen LogP contribution in [0.15, 0.2) is 48.9 Å². The number of aromatic nitrogens is 4. The first kappa shape index (κ1) is 22.2. The van der Waals surface area contributed by atoms with E-state index < -0.39 is 10.0 Å². The number of rotatable bonds is 8. The summed E-state index contributed by atoms with van der Waals surface area (Å²) in [6, 6.07) is 8.25. The van der Waals surface area contributed by atoms with E-state index in [0.717, 1.165) is 29.0 Å². The van der Waals surface area contributed by atoms with Gasteiger partial charge in [0.2, 0.25) is 10.0 Å². The average Bonchev–Trinajstić information content (AvgIpc) is 2.70. The van der Waals surface area contributed by atoms with E-state index in [1.54, 1.807) is 30.7 Å². The smallest absolute Gasteiger partial charge is 0.209 e. The maximum Gasteiger partial charge on any atom is 0.209 e. The van der Waals surface area contributed by atoms with Crippen LogP contribution in [0.4, 0.5) is 10.2 Å². The fourth-order valence-corrected chi connectivity index (χ4v) is 4.47. The van der Waals surface area contributed by atoms with Gasteiger partial charge in [-0.15, -0.1) is 0 Å². The lowest BCUT2D eigenvalue weighted by Crippen LogP contribution is -2.59. The molecule has 1 atom stereocenters. The van der Waals surface area contributed by atoms with Gasteiger partial charge in [0.1, 0.15) is 17.5 Å². The second-order valence-corrected chi connectivity index (χ2v) is 9.94. The highest BCUT2D eigenvalue weighted by atomic mass is 32.2. The number of hydrogen-bond acceptors (Lipinski definition) is 7. The first-order valence-electron chi connectivity index (χ1n) is 10.3. The maximum atomic E-state index is 13.3. The molecule has 1 aliphatic rings. The maximum absolute atomic E-state index is 13.3. The summed E-state index contributed by atoms with van der Waals surface area (Å²) in [7, 11) is -3.25. The summed E-state index contributed by atoms with van der Waals surface area (Å²) in [5, 5.41) is 0. The van der Waals surface area contributed by atoms with Crippen molar-refractivity contribution in [3.63, 3.8) is 0 Å². The van der Waals surface area contributed by atoms with E-state index in [1.807, 2.05) is 11.0 Å². The van der Waals surface area contributed by atoms with Gasteiger partial charge in [-0.1, -0.05) is 19.1 Å². The lowest BCUT2D eigenvalue weighted by Gasteiger charge is -2.40. The largest absolute Gasteiger partial charge is 0.353 e. The van der Waals surface area contributed by atoms with Gasteiger partial charge in [-0.05, 0) is 23.6 Å². The van der Waals surface area contributed by atoms with Crippen LogP contribution in [0, 0.1) is 5.82 Å². The Morgan fingerprint density at radius 3 is 2.56 bits per heavy atom. The minimum atomic E-state index is -3.25.